The fourth-order valence-electron chi connectivity index (χ4n) is 2.56. The molecule has 3 nitrogen and oxygen atoms in total. The lowest BCUT2D eigenvalue weighted by Crippen LogP contribution is -2.42. The molecule has 1 N–H and O–H groups in total. The molecule has 1 aliphatic heterocycles. The number of benzene rings is 1. The van der Waals surface area contributed by atoms with E-state index in [-0.39, 0.29) is 11.6 Å². The van der Waals surface area contributed by atoms with Gasteiger partial charge in [-0.15, -0.1) is 0 Å². The summed E-state index contributed by atoms with van der Waals surface area (Å²) in [5.41, 5.74) is 1.12. The quantitative estimate of drug-likeness (QED) is 0.894. The molecule has 1 saturated heterocycles. The predicted octanol–water partition coefficient (Wildman–Crippen LogP) is 3.65. The summed E-state index contributed by atoms with van der Waals surface area (Å²) in [5, 5.41) is 4.76. The summed E-state index contributed by atoms with van der Waals surface area (Å²) in [7, 11) is 0. The Kier molecular flexibility index (Phi) is 3.33. The van der Waals surface area contributed by atoms with Crippen LogP contribution in [0.25, 0.3) is 11.0 Å². The summed E-state index contributed by atoms with van der Waals surface area (Å²) in [6.45, 7) is 6.06. The van der Waals surface area contributed by atoms with Gasteiger partial charge in [-0.25, -0.2) is 0 Å². The second-order valence-corrected chi connectivity index (χ2v) is 5.59. The zero-order chi connectivity index (χ0) is 13.3. The monoisotopic (exact) mass is 259 g/mol. The highest BCUT2D eigenvalue weighted by atomic mass is 16.5. The van der Waals surface area contributed by atoms with Crippen LogP contribution in [0.3, 0.4) is 0 Å². The molecule has 2 heterocycles. The van der Waals surface area contributed by atoms with Crippen molar-refractivity contribution >= 4 is 11.0 Å². The number of hydrogen-bond donors (Lipinski definition) is 1. The zero-order valence-corrected chi connectivity index (χ0v) is 11.6. The average Bonchev–Trinajstić information content (AvgIpc) is 2.76. The fraction of sp³-hybridized carbons (Fsp3) is 0.500. The van der Waals surface area contributed by atoms with Crippen molar-refractivity contribution in [3.8, 4) is 0 Å². The molecule has 2 atom stereocenters. The van der Waals surface area contributed by atoms with Crippen LogP contribution in [0.1, 0.15) is 38.6 Å². The van der Waals surface area contributed by atoms with E-state index in [0.717, 1.165) is 42.7 Å². The van der Waals surface area contributed by atoms with Crippen LogP contribution >= 0.6 is 0 Å². The van der Waals surface area contributed by atoms with Crippen molar-refractivity contribution in [3.05, 3.63) is 36.1 Å². The Morgan fingerprint density at radius 2 is 2.21 bits per heavy atom. The molecule has 1 aromatic heterocycles. The smallest absolute Gasteiger partial charge is 0.135 e. The number of ether oxygens (including phenoxy) is 1. The van der Waals surface area contributed by atoms with E-state index in [0.29, 0.717) is 0 Å². The highest BCUT2D eigenvalue weighted by Crippen LogP contribution is 2.29. The van der Waals surface area contributed by atoms with Gasteiger partial charge in [0.25, 0.3) is 0 Å². The molecule has 0 radical (unpaired) electrons. The Hall–Kier alpha value is -1.32. The number of fused-ring (bicyclic) bond motifs is 1. The molecule has 1 fully saturated rings. The maximum atomic E-state index is 5.96. The van der Waals surface area contributed by atoms with Gasteiger partial charge in [-0.3, -0.25) is 0 Å². The molecule has 0 bridgehead atoms. The zero-order valence-electron chi connectivity index (χ0n) is 11.6. The first kappa shape index (κ1) is 12.7. The van der Waals surface area contributed by atoms with E-state index < -0.39 is 0 Å². The molecule has 3 heteroatoms. The van der Waals surface area contributed by atoms with Crippen molar-refractivity contribution in [2.24, 2.45) is 0 Å². The van der Waals surface area contributed by atoms with Crippen LogP contribution in [0.5, 0.6) is 0 Å². The molecule has 0 spiro atoms. The molecule has 0 amide bonds. The van der Waals surface area contributed by atoms with E-state index in [4.69, 9.17) is 9.15 Å². The third kappa shape index (κ3) is 2.53. The Morgan fingerprint density at radius 1 is 1.37 bits per heavy atom. The van der Waals surface area contributed by atoms with Crippen molar-refractivity contribution < 1.29 is 9.15 Å². The molecule has 0 saturated carbocycles. The fourth-order valence-corrected chi connectivity index (χ4v) is 2.56. The second-order valence-electron chi connectivity index (χ2n) is 5.59. The van der Waals surface area contributed by atoms with Crippen molar-refractivity contribution in [2.75, 3.05) is 13.2 Å². The number of hydrogen-bond acceptors (Lipinski definition) is 3. The highest BCUT2D eigenvalue weighted by Gasteiger charge is 2.28. The van der Waals surface area contributed by atoms with Crippen LogP contribution in [0.4, 0.5) is 0 Å². The van der Waals surface area contributed by atoms with Crippen molar-refractivity contribution in [1.82, 2.24) is 5.32 Å². The standard InChI is InChI=1S/C16H21NO2/c1-3-16(2)8-9-18-15(11-17-16)14-10-12-6-4-5-7-13(12)19-14/h4-7,10,15,17H,3,8-9,11H2,1-2H3. The number of rotatable bonds is 2. The van der Waals surface area contributed by atoms with E-state index in [1.54, 1.807) is 0 Å². The summed E-state index contributed by atoms with van der Waals surface area (Å²) in [5.74, 6) is 0.925. The first-order valence-electron chi connectivity index (χ1n) is 7.05. The topological polar surface area (TPSA) is 34.4 Å². The van der Waals surface area contributed by atoms with Gasteiger partial charge in [-0.2, -0.15) is 0 Å². The molecule has 102 valence electrons. The first-order valence-corrected chi connectivity index (χ1v) is 7.05. The van der Waals surface area contributed by atoms with E-state index in [1.165, 1.54) is 0 Å². The maximum Gasteiger partial charge on any atom is 0.135 e. The number of furan rings is 1. The minimum atomic E-state index is 0.0146. The molecular formula is C16H21NO2. The second kappa shape index (κ2) is 4.99. The Morgan fingerprint density at radius 3 is 3.00 bits per heavy atom. The minimum Gasteiger partial charge on any atom is -0.458 e. The number of para-hydroxylation sites is 1. The van der Waals surface area contributed by atoms with Crippen LogP contribution in [0.2, 0.25) is 0 Å². The van der Waals surface area contributed by atoms with Crippen LogP contribution in [0.15, 0.2) is 34.7 Å². The average molecular weight is 259 g/mol. The Bertz CT molecular complexity index is 530. The van der Waals surface area contributed by atoms with Crippen molar-refractivity contribution in [1.29, 1.82) is 0 Å². The normalized spacial score (nSPS) is 28.4. The molecule has 1 aliphatic rings. The van der Waals surface area contributed by atoms with Crippen LogP contribution in [-0.2, 0) is 4.74 Å². The summed E-state index contributed by atoms with van der Waals surface area (Å²) in [6, 6.07) is 10.2. The molecular weight excluding hydrogens is 238 g/mol. The van der Waals surface area contributed by atoms with Gasteiger partial charge in [0.15, 0.2) is 0 Å². The lowest BCUT2D eigenvalue weighted by molar-refractivity contribution is 0.0513. The predicted molar refractivity (Wildman–Crippen MR) is 76.2 cm³/mol. The van der Waals surface area contributed by atoms with Gasteiger partial charge in [-0.05, 0) is 31.9 Å². The SMILES string of the molecule is CCC1(C)CCOC(c2cc3ccccc3o2)CN1. The third-order valence-corrected chi connectivity index (χ3v) is 4.23. The van der Waals surface area contributed by atoms with E-state index in [2.05, 4.69) is 31.3 Å². The van der Waals surface area contributed by atoms with Gasteiger partial charge in [-0.1, -0.05) is 25.1 Å². The minimum absolute atomic E-state index is 0.0146. The molecule has 19 heavy (non-hydrogen) atoms. The summed E-state index contributed by atoms with van der Waals surface area (Å²) < 4.78 is 11.9. The molecule has 1 aromatic carbocycles. The van der Waals surface area contributed by atoms with Crippen LogP contribution in [-0.4, -0.2) is 18.7 Å². The van der Waals surface area contributed by atoms with Gasteiger partial charge < -0.3 is 14.5 Å². The first-order chi connectivity index (χ1) is 9.20. The number of nitrogens with one attached hydrogen (secondary N) is 1. The van der Waals surface area contributed by atoms with Gasteiger partial charge in [0.2, 0.25) is 0 Å². The van der Waals surface area contributed by atoms with Crippen LogP contribution in [0, 0.1) is 0 Å². The lowest BCUT2D eigenvalue weighted by atomic mass is 9.95. The van der Waals surface area contributed by atoms with E-state index in [9.17, 15) is 0 Å². The molecule has 2 unspecified atom stereocenters. The summed E-state index contributed by atoms with van der Waals surface area (Å²) in [4.78, 5) is 0. The van der Waals surface area contributed by atoms with Gasteiger partial charge in [0.1, 0.15) is 17.4 Å². The molecule has 3 rings (SSSR count). The van der Waals surface area contributed by atoms with Crippen molar-refractivity contribution in [2.45, 2.75) is 38.3 Å². The van der Waals surface area contributed by atoms with Crippen LogP contribution < -0.4 is 5.32 Å². The van der Waals surface area contributed by atoms with E-state index >= 15 is 0 Å². The van der Waals surface area contributed by atoms with Gasteiger partial charge in [0.05, 0.1) is 0 Å². The summed E-state index contributed by atoms with van der Waals surface area (Å²) in [6.07, 6.45) is 2.17. The molecule has 0 aliphatic carbocycles. The maximum absolute atomic E-state index is 5.96. The third-order valence-electron chi connectivity index (χ3n) is 4.23. The van der Waals surface area contributed by atoms with Crippen molar-refractivity contribution in [3.63, 3.8) is 0 Å². The summed E-state index contributed by atoms with van der Waals surface area (Å²) >= 11 is 0. The largest absolute Gasteiger partial charge is 0.458 e. The molecule has 2 aromatic rings. The van der Waals surface area contributed by atoms with E-state index in [1.807, 2.05) is 18.2 Å². The highest BCUT2D eigenvalue weighted by molar-refractivity contribution is 5.77. The Balaban J connectivity index is 1.82. The van der Waals surface area contributed by atoms with Gasteiger partial charge >= 0.3 is 0 Å². The van der Waals surface area contributed by atoms with Gasteiger partial charge in [0, 0.05) is 24.1 Å². The lowest BCUT2D eigenvalue weighted by Gasteiger charge is -2.27. The Labute approximate surface area is 113 Å².